The molecule has 34 heavy (non-hydrogen) atoms. The van der Waals surface area contributed by atoms with Crippen LogP contribution in [0.4, 0.5) is 0 Å². The van der Waals surface area contributed by atoms with Gasteiger partial charge in [-0.05, 0) is 55.3 Å². The van der Waals surface area contributed by atoms with Gasteiger partial charge in [-0.1, -0.05) is 11.6 Å². The van der Waals surface area contributed by atoms with Crippen molar-refractivity contribution in [2.45, 2.75) is 18.9 Å². The predicted octanol–water partition coefficient (Wildman–Crippen LogP) is 1.73. The van der Waals surface area contributed by atoms with Crippen LogP contribution in [-0.4, -0.2) is 60.4 Å². The number of rotatable bonds is 6. The second-order valence-electron chi connectivity index (χ2n) is 7.70. The zero-order valence-electron chi connectivity index (χ0n) is 17.8. The molecule has 2 aromatic carbocycles. The molecule has 0 unspecified atom stereocenters. The van der Waals surface area contributed by atoms with Crippen LogP contribution in [0.25, 0.3) is 0 Å². The third kappa shape index (κ3) is 5.08. The summed E-state index contributed by atoms with van der Waals surface area (Å²) in [6.45, 7) is 0.0884. The number of halogens is 1. The number of hydrazine groups is 1. The number of hydrogen-bond acceptors (Lipinski definition) is 7. The molecular formula is C23H20ClN3O7. The molecule has 176 valence electrons. The molecule has 4 rings (SSSR count). The molecule has 1 saturated heterocycles. The van der Waals surface area contributed by atoms with Gasteiger partial charge < -0.3 is 9.47 Å². The van der Waals surface area contributed by atoms with E-state index in [4.69, 9.17) is 21.1 Å². The summed E-state index contributed by atoms with van der Waals surface area (Å²) < 4.78 is 10.5. The fourth-order valence-corrected chi connectivity index (χ4v) is 3.75. The minimum absolute atomic E-state index is 0.0110. The van der Waals surface area contributed by atoms with E-state index >= 15 is 0 Å². The third-order valence-electron chi connectivity index (χ3n) is 5.37. The minimum Gasteiger partial charge on any atom is -0.452 e. The van der Waals surface area contributed by atoms with Gasteiger partial charge in [0, 0.05) is 17.2 Å². The van der Waals surface area contributed by atoms with E-state index in [0.29, 0.717) is 11.6 Å². The van der Waals surface area contributed by atoms with Gasteiger partial charge in [-0.25, -0.2) is 4.79 Å². The predicted molar refractivity (Wildman–Crippen MR) is 118 cm³/mol. The number of nitrogens with zero attached hydrogens (tertiary/aromatic N) is 1. The Kier molecular flexibility index (Phi) is 6.90. The van der Waals surface area contributed by atoms with Gasteiger partial charge in [-0.15, -0.1) is 0 Å². The van der Waals surface area contributed by atoms with E-state index in [1.54, 1.807) is 0 Å². The summed E-state index contributed by atoms with van der Waals surface area (Å²) in [5, 5.41) is 0.459. The number of nitrogens with one attached hydrogen (secondary N) is 2. The van der Waals surface area contributed by atoms with Crippen molar-refractivity contribution < 1.29 is 33.4 Å². The van der Waals surface area contributed by atoms with Crippen molar-refractivity contribution in [1.29, 1.82) is 0 Å². The van der Waals surface area contributed by atoms with Crippen LogP contribution in [0, 0.1) is 0 Å². The molecule has 10 nitrogen and oxygen atoms in total. The van der Waals surface area contributed by atoms with Crippen LogP contribution in [-0.2, 0) is 14.3 Å². The molecule has 1 atom stereocenters. The molecule has 0 aromatic heterocycles. The normalized spacial score (nSPS) is 16.9. The van der Waals surface area contributed by atoms with Crippen LogP contribution in [0.5, 0.6) is 0 Å². The summed E-state index contributed by atoms with van der Waals surface area (Å²) in [5.74, 6) is -3.16. The van der Waals surface area contributed by atoms with Crippen molar-refractivity contribution in [1.82, 2.24) is 15.8 Å². The Labute approximate surface area is 199 Å². The highest BCUT2D eigenvalue weighted by atomic mass is 35.5. The molecule has 0 saturated carbocycles. The van der Waals surface area contributed by atoms with Crippen LogP contribution in [0.1, 0.15) is 54.3 Å². The summed E-state index contributed by atoms with van der Waals surface area (Å²) in [6, 6.07) is 10.0. The first-order chi connectivity index (χ1) is 16.3. The number of amides is 4. The average molecular weight is 486 g/mol. The Morgan fingerprint density at radius 1 is 1.00 bits per heavy atom. The molecule has 2 N–H and O–H groups in total. The topological polar surface area (TPSA) is 131 Å². The van der Waals surface area contributed by atoms with Crippen LogP contribution in [0.2, 0.25) is 5.02 Å². The summed E-state index contributed by atoms with van der Waals surface area (Å²) >= 11 is 5.76. The minimum atomic E-state index is -0.861. The van der Waals surface area contributed by atoms with E-state index < -0.39 is 36.2 Å². The van der Waals surface area contributed by atoms with E-state index in [1.807, 2.05) is 0 Å². The zero-order valence-corrected chi connectivity index (χ0v) is 18.6. The smallest absolute Gasteiger partial charge is 0.338 e. The molecule has 1 fully saturated rings. The summed E-state index contributed by atoms with van der Waals surface area (Å²) in [6.07, 6.45) is 1.46. The highest BCUT2D eigenvalue weighted by Crippen LogP contribution is 2.26. The van der Waals surface area contributed by atoms with Gasteiger partial charge in [0.2, 0.25) is 0 Å². The van der Waals surface area contributed by atoms with E-state index in [1.165, 1.54) is 42.5 Å². The number of esters is 1. The Hall–Kier alpha value is -3.76. The number of carbonyl (C=O) groups excluding carboxylic acids is 5. The van der Waals surface area contributed by atoms with E-state index in [0.717, 1.165) is 17.7 Å². The lowest BCUT2D eigenvalue weighted by Crippen LogP contribution is -2.43. The Balaban J connectivity index is 1.30. The van der Waals surface area contributed by atoms with Crippen molar-refractivity contribution >= 4 is 41.2 Å². The molecular weight excluding hydrogens is 466 g/mol. The van der Waals surface area contributed by atoms with E-state index in [-0.39, 0.29) is 34.9 Å². The molecule has 2 heterocycles. The van der Waals surface area contributed by atoms with Crippen LogP contribution >= 0.6 is 11.6 Å². The molecule has 11 heteroatoms. The van der Waals surface area contributed by atoms with Gasteiger partial charge in [0.05, 0.1) is 29.3 Å². The van der Waals surface area contributed by atoms with Crippen LogP contribution in [0.15, 0.2) is 42.5 Å². The van der Waals surface area contributed by atoms with Gasteiger partial charge in [0.1, 0.15) is 0 Å². The maximum atomic E-state index is 12.7. The van der Waals surface area contributed by atoms with Crippen molar-refractivity contribution in [2.24, 2.45) is 0 Å². The Bertz CT molecular complexity index is 1160. The Morgan fingerprint density at radius 3 is 2.41 bits per heavy atom. The first-order valence-electron chi connectivity index (χ1n) is 10.5. The molecule has 0 spiro atoms. The van der Waals surface area contributed by atoms with Crippen molar-refractivity contribution in [2.75, 3.05) is 19.8 Å². The largest absolute Gasteiger partial charge is 0.452 e. The number of imide groups is 1. The maximum Gasteiger partial charge on any atom is 0.338 e. The SMILES string of the molecule is O=C(COC(=O)c1ccc2c(c1)C(=O)N(C[C@H]1CCCO1)C2=O)NNC(=O)c1ccc(Cl)cc1. The molecule has 0 aliphatic carbocycles. The van der Waals surface area contributed by atoms with Crippen LogP contribution < -0.4 is 10.9 Å². The second kappa shape index (κ2) is 10.0. The summed E-state index contributed by atoms with van der Waals surface area (Å²) in [4.78, 5) is 62.6. The van der Waals surface area contributed by atoms with Crippen LogP contribution in [0.3, 0.4) is 0 Å². The molecule has 2 aliphatic heterocycles. The van der Waals surface area contributed by atoms with E-state index in [9.17, 15) is 24.0 Å². The lowest BCUT2D eigenvalue weighted by atomic mass is 10.1. The van der Waals surface area contributed by atoms with Gasteiger partial charge >= 0.3 is 5.97 Å². The average Bonchev–Trinajstić information content (AvgIpc) is 3.44. The summed E-state index contributed by atoms with van der Waals surface area (Å²) in [5.41, 5.74) is 4.89. The Morgan fingerprint density at radius 2 is 1.71 bits per heavy atom. The number of benzene rings is 2. The number of fused-ring (bicyclic) bond motifs is 1. The number of ether oxygens (including phenoxy) is 2. The van der Waals surface area contributed by atoms with Gasteiger partial charge in [0.25, 0.3) is 23.6 Å². The van der Waals surface area contributed by atoms with Crippen molar-refractivity contribution in [3.63, 3.8) is 0 Å². The van der Waals surface area contributed by atoms with Crippen molar-refractivity contribution in [3.05, 3.63) is 69.7 Å². The number of carbonyl (C=O) groups is 5. The lowest BCUT2D eigenvalue weighted by molar-refractivity contribution is -0.125. The lowest BCUT2D eigenvalue weighted by Gasteiger charge is -2.17. The number of hydrogen-bond donors (Lipinski definition) is 2. The molecule has 2 aliphatic rings. The third-order valence-corrected chi connectivity index (χ3v) is 5.62. The first-order valence-corrected chi connectivity index (χ1v) is 10.8. The zero-order chi connectivity index (χ0) is 24.2. The van der Waals surface area contributed by atoms with Gasteiger partial charge in [-0.2, -0.15) is 0 Å². The molecule has 0 radical (unpaired) electrons. The molecule has 0 bridgehead atoms. The molecule has 2 aromatic rings. The standard InChI is InChI=1S/C23H20ClN3O7/c24-15-6-3-13(4-7-15)20(29)26-25-19(28)12-34-23(32)14-5-8-17-18(10-14)22(31)27(21(17)30)11-16-2-1-9-33-16/h3-8,10,16H,1-2,9,11-12H2,(H,25,28)(H,26,29)/t16-/m1/s1. The van der Waals surface area contributed by atoms with Crippen molar-refractivity contribution in [3.8, 4) is 0 Å². The van der Waals surface area contributed by atoms with Gasteiger partial charge in [-0.3, -0.25) is 34.9 Å². The molecule has 4 amide bonds. The maximum absolute atomic E-state index is 12.7. The fraction of sp³-hybridized carbons (Fsp3) is 0.261. The first kappa shape index (κ1) is 23.4. The fourth-order valence-electron chi connectivity index (χ4n) is 3.63. The van der Waals surface area contributed by atoms with E-state index in [2.05, 4.69) is 10.9 Å². The van der Waals surface area contributed by atoms with Gasteiger partial charge in [0.15, 0.2) is 6.61 Å². The monoisotopic (exact) mass is 485 g/mol. The quantitative estimate of drug-likeness (QED) is 0.362. The highest BCUT2D eigenvalue weighted by molar-refractivity contribution is 6.30. The summed E-state index contributed by atoms with van der Waals surface area (Å²) in [7, 11) is 0. The highest BCUT2D eigenvalue weighted by Gasteiger charge is 2.38. The second-order valence-corrected chi connectivity index (χ2v) is 8.14.